The van der Waals surface area contributed by atoms with E-state index >= 15 is 0 Å². The maximum Gasteiger partial charge on any atom is 0.269 e. The molecule has 0 saturated heterocycles. The second-order valence-electron chi connectivity index (χ2n) is 4.92. The molecule has 1 atom stereocenters. The highest BCUT2D eigenvalue weighted by atomic mass is 16.6. The molecule has 0 fully saturated rings. The molecule has 20 heavy (non-hydrogen) atoms. The van der Waals surface area contributed by atoms with Gasteiger partial charge in [-0.3, -0.25) is 10.1 Å². The summed E-state index contributed by atoms with van der Waals surface area (Å²) in [5, 5.41) is 10.6. The van der Waals surface area contributed by atoms with Crippen molar-refractivity contribution in [3.8, 4) is 0 Å². The highest BCUT2D eigenvalue weighted by Gasteiger charge is 2.13. The maximum atomic E-state index is 10.6. The molecule has 0 aliphatic heterocycles. The summed E-state index contributed by atoms with van der Waals surface area (Å²) >= 11 is 0. The van der Waals surface area contributed by atoms with Crippen molar-refractivity contribution in [2.45, 2.75) is 19.3 Å². The number of aryl methyl sites for hydroxylation is 1. The molecule has 2 aromatic carbocycles. The summed E-state index contributed by atoms with van der Waals surface area (Å²) in [7, 11) is 0. The lowest BCUT2D eigenvalue weighted by Crippen LogP contribution is -2.16. The van der Waals surface area contributed by atoms with Crippen molar-refractivity contribution in [3.63, 3.8) is 0 Å². The summed E-state index contributed by atoms with van der Waals surface area (Å²) in [6.07, 6.45) is 0.791. The van der Waals surface area contributed by atoms with Gasteiger partial charge in [0.1, 0.15) is 0 Å². The van der Waals surface area contributed by atoms with Crippen LogP contribution in [0.2, 0.25) is 0 Å². The number of benzene rings is 2. The molecule has 4 nitrogen and oxygen atoms in total. The molecule has 2 N–H and O–H groups in total. The van der Waals surface area contributed by atoms with Crippen molar-refractivity contribution in [3.05, 3.63) is 75.3 Å². The first kappa shape index (κ1) is 14.2. The minimum Gasteiger partial charge on any atom is -0.330 e. The number of hydrogen-bond acceptors (Lipinski definition) is 3. The van der Waals surface area contributed by atoms with E-state index in [1.165, 1.54) is 11.1 Å². The van der Waals surface area contributed by atoms with E-state index in [9.17, 15) is 10.1 Å². The molecule has 2 aromatic rings. The Hall–Kier alpha value is -2.20. The Kier molecular flexibility index (Phi) is 4.48. The zero-order chi connectivity index (χ0) is 14.5. The van der Waals surface area contributed by atoms with E-state index in [1.807, 2.05) is 12.1 Å². The van der Waals surface area contributed by atoms with E-state index < -0.39 is 0 Å². The second kappa shape index (κ2) is 6.30. The van der Waals surface area contributed by atoms with E-state index in [0.717, 1.165) is 12.0 Å². The highest BCUT2D eigenvalue weighted by molar-refractivity contribution is 5.35. The number of nitro benzene ring substituents is 1. The van der Waals surface area contributed by atoms with Gasteiger partial charge in [0, 0.05) is 18.1 Å². The molecule has 104 valence electrons. The van der Waals surface area contributed by atoms with Gasteiger partial charge in [-0.05, 0) is 36.6 Å². The molecule has 0 heterocycles. The van der Waals surface area contributed by atoms with Crippen molar-refractivity contribution >= 4 is 5.69 Å². The van der Waals surface area contributed by atoms with Crippen LogP contribution in [0.15, 0.2) is 48.5 Å². The van der Waals surface area contributed by atoms with Crippen LogP contribution in [0.3, 0.4) is 0 Å². The summed E-state index contributed by atoms with van der Waals surface area (Å²) in [6.45, 7) is 2.63. The number of nitro groups is 1. The zero-order valence-electron chi connectivity index (χ0n) is 11.5. The third-order valence-electron chi connectivity index (χ3n) is 3.54. The number of non-ortho nitro benzene ring substituents is 1. The summed E-state index contributed by atoms with van der Waals surface area (Å²) < 4.78 is 0. The topological polar surface area (TPSA) is 69.2 Å². The molecule has 2 rings (SSSR count). The maximum absolute atomic E-state index is 10.6. The predicted molar refractivity (Wildman–Crippen MR) is 79.8 cm³/mol. The lowest BCUT2D eigenvalue weighted by Gasteiger charge is -2.17. The van der Waals surface area contributed by atoms with Crippen LogP contribution in [0.4, 0.5) is 5.69 Å². The first-order chi connectivity index (χ1) is 9.61. The van der Waals surface area contributed by atoms with Gasteiger partial charge in [-0.1, -0.05) is 36.4 Å². The van der Waals surface area contributed by atoms with E-state index in [0.29, 0.717) is 6.54 Å². The number of rotatable bonds is 5. The van der Waals surface area contributed by atoms with Crippen LogP contribution < -0.4 is 5.73 Å². The molecule has 1 unspecified atom stereocenters. The Bertz CT molecular complexity index is 594. The smallest absolute Gasteiger partial charge is 0.269 e. The van der Waals surface area contributed by atoms with Crippen molar-refractivity contribution in [2.75, 3.05) is 6.54 Å². The Morgan fingerprint density at radius 2 is 1.80 bits per heavy atom. The fourth-order valence-electron chi connectivity index (χ4n) is 2.40. The lowest BCUT2D eigenvalue weighted by atomic mass is 9.89. The monoisotopic (exact) mass is 270 g/mol. The molecular formula is C16H18N2O2. The fraction of sp³-hybridized carbons (Fsp3) is 0.250. The van der Waals surface area contributed by atoms with Gasteiger partial charge in [0.2, 0.25) is 0 Å². The largest absolute Gasteiger partial charge is 0.330 e. The van der Waals surface area contributed by atoms with Crippen LogP contribution in [0.1, 0.15) is 22.6 Å². The van der Waals surface area contributed by atoms with Gasteiger partial charge in [-0.15, -0.1) is 0 Å². The summed E-state index contributed by atoms with van der Waals surface area (Å²) in [4.78, 5) is 10.3. The van der Waals surface area contributed by atoms with Gasteiger partial charge < -0.3 is 5.73 Å². The predicted octanol–water partition coefficient (Wildman–Crippen LogP) is 3.19. The second-order valence-corrected chi connectivity index (χ2v) is 4.92. The van der Waals surface area contributed by atoms with Crippen molar-refractivity contribution < 1.29 is 4.92 Å². The minimum absolute atomic E-state index is 0.119. The summed E-state index contributed by atoms with van der Waals surface area (Å²) in [5.41, 5.74) is 9.55. The Labute approximate surface area is 118 Å². The number of hydrogen-bond donors (Lipinski definition) is 1. The molecule has 0 bridgehead atoms. The standard InChI is InChI=1S/C16H18N2O2/c1-12-4-2-3-5-16(12)14(11-17)10-13-6-8-15(9-7-13)18(19)20/h2-9,14H,10-11,17H2,1H3. The van der Waals surface area contributed by atoms with Gasteiger partial charge in [0.05, 0.1) is 4.92 Å². The molecular weight excluding hydrogens is 252 g/mol. The SMILES string of the molecule is Cc1ccccc1C(CN)Cc1ccc([N+](=O)[O-])cc1. The summed E-state index contributed by atoms with van der Waals surface area (Å²) in [6, 6.07) is 14.9. The van der Waals surface area contributed by atoms with Crippen LogP contribution in [-0.4, -0.2) is 11.5 Å². The highest BCUT2D eigenvalue weighted by Crippen LogP contribution is 2.24. The van der Waals surface area contributed by atoms with Gasteiger partial charge in [-0.2, -0.15) is 0 Å². The molecule has 0 amide bonds. The van der Waals surface area contributed by atoms with E-state index in [-0.39, 0.29) is 16.5 Å². The Morgan fingerprint density at radius 3 is 2.35 bits per heavy atom. The first-order valence-electron chi connectivity index (χ1n) is 6.60. The van der Waals surface area contributed by atoms with Crippen LogP contribution in [-0.2, 0) is 6.42 Å². The lowest BCUT2D eigenvalue weighted by molar-refractivity contribution is -0.384. The van der Waals surface area contributed by atoms with Gasteiger partial charge in [-0.25, -0.2) is 0 Å². The van der Waals surface area contributed by atoms with E-state index in [4.69, 9.17) is 5.73 Å². The molecule has 0 aliphatic carbocycles. The Balaban J connectivity index is 2.18. The normalized spacial score (nSPS) is 12.1. The average Bonchev–Trinajstić information content (AvgIpc) is 2.46. The Morgan fingerprint density at radius 1 is 1.15 bits per heavy atom. The van der Waals surface area contributed by atoms with Crippen molar-refractivity contribution in [1.29, 1.82) is 0 Å². The molecule has 0 saturated carbocycles. The van der Waals surface area contributed by atoms with Crippen LogP contribution in [0, 0.1) is 17.0 Å². The first-order valence-corrected chi connectivity index (χ1v) is 6.60. The third-order valence-corrected chi connectivity index (χ3v) is 3.54. The molecule has 0 aromatic heterocycles. The van der Waals surface area contributed by atoms with Crippen LogP contribution in [0.5, 0.6) is 0 Å². The number of nitrogens with two attached hydrogens (primary N) is 1. The number of nitrogens with zero attached hydrogens (tertiary/aromatic N) is 1. The fourth-order valence-corrected chi connectivity index (χ4v) is 2.40. The van der Waals surface area contributed by atoms with Crippen molar-refractivity contribution in [1.82, 2.24) is 0 Å². The third kappa shape index (κ3) is 3.22. The van der Waals surface area contributed by atoms with E-state index in [2.05, 4.69) is 19.1 Å². The molecule has 0 aliphatic rings. The molecule has 0 radical (unpaired) electrons. The van der Waals surface area contributed by atoms with Crippen LogP contribution in [0.25, 0.3) is 0 Å². The van der Waals surface area contributed by atoms with Gasteiger partial charge in [0.15, 0.2) is 0 Å². The van der Waals surface area contributed by atoms with Gasteiger partial charge in [0.25, 0.3) is 5.69 Å². The summed E-state index contributed by atoms with van der Waals surface area (Å²) in [5.74, 6) is 0.234. The van der Waals surface area contributed by atoms with Gasteiger partial charge >= 0.3 is 0 Å². The minimum atomic E-state index is -0.383. The molecule has 4 heteroatoms. The van der Waals surface area contributed by atoms with E-state index in [1.54, 1.807) is 24.3 Å². The quantitative estimate of drug-likeness (QED) is 0.670. The molecule has 0 spiro atoms. The van der Waals surface area contributed by atoms with Crippen molar-refractivity contribution in [2.24, 2.45) is 5.73 Å². The average molecular weight is 270 g/mol. The zero-order valence-corrected chi connectivity index (χ0v) is 11.5. The van der Waals surface area contributed by atoms with Crippen LogP contribution >= 0.6 is 0 Å².